The average Bonchev–Trinajstić information content (AvgIpc) is 2.40. The molecule has 0 aromatic carbocycles. The van der Waals surface area contributed by atoms with Crippen molar-refractivity contribution in [1.29, 1.82) is 0 Å². The summed E-state index contributed by atoms with van der Waals surface area (Å²) in [6, 6.07) is 0. The molecule has 1 heterocycles. The average molecular weight is 292 g/mol. The highest BCUT2D eigenvalue weighted by molar-refractivity contribution is 5.76. The summed E-state index contributed by atoms with van der Waals surface area (Å²) in [5, 5.41) is 28.0. The Bertz CT molecular complexity index is 344. The molecule has 3 N–H and O–H groups in total. The van der Waals surface area contributed by atoms with Crippen LogP contribution in [0.3, 0.4) is 0 Å². The zero-order valence-electron chi connectivity index (χ0n) is 11.4. The lowest BCUT2D eigenvalue weighted by Crippen LogP contribution is -2.58. The Morgan fingerprint density at radius 1 is 1.20 bits per heavy atom. The van der Waals surface area contributed by atoms with Gasteiger partial charge in [-0.25, -0.2) is 0 Å². The molecule has 8 heteroatoms. The van der Waals surface area contributed by atoms with Crippen molar-refractivity contribution in [2.45, 2.75) is 50.3 Å². The number of carboxylic acid groups (broad SMARTS) is 1. The molecule has 20 heavy (non-hydrogen) atoms. The first-order valence-corrected chi connectivity index (χ1v) is 6.28. The van der Waals surface area contributed by atoms with E-state index in [4.69, 9.17) is 19.3 Å². The second-order valence-corrected chi connectivity index (χ2v) is 4.64. The minimum Gasteiger partial charge on any atom is -0.481 e. The second-order valence-electron chi connectivity index (χ2n) is 4.64. The van der Waals surface area contributed by atoms with E-state index in [0.29, 0.717) is 0 Å². The molecule has 0 aliphatic carbocycles. The van der Waals surface area contributed by atoms with E-state index in [0.717, 1.165) is 0 Å². The van der Waals surface area contributed by atoms with Gasteiger partial charge in [-0.15, -0.1) is 0 Å². The van der Waals surface area contributed by atoms with Crippen LogP contribution < -0.4 is 0 Å². The third kappa shape index (κ3) is 4.41. The Balaban J connectivity index is 2.48. The number of ether oxygens (including phenoxy) is 3. The quantitative estimate of drug-likeness (QED) is 0.528. The van der Waals surface area contributed by atoms with Crippen LogP contribution in [0.4, 0.5) is 0 Å². The normalized spacial score (nSPS) is 33.7. The van der Waals surface area contributed by atoms with E-state index in [1.165, 1.54) is 7.11 Å². The van der Waals surface area contributed by atoms with Crippen molar-refractivity contribution in [3.05, 3.63) is 0 Å². The zero-order chi connectivity index (χ0) is 15.3. The Hall–Kier alpha value is -1.22. The summed E-state index contributed by atoms with van der Waals surface area (Å²) in [7, 11) is 1.35. The zero-order valence-corrected chi connectivity index (χ0v) is 11.4. The standard InChI is InChI=1S/C12H20O8/c1-6-10(16)11(17)12(18-2)7(20-6)5-19-9(15)4-3-8(13)14/h6-7,10-12,16-17H,3-5H2,1-2H3,(H,13,14)/t6-,7?,10?,11+,12+/m1/s1. The van der Waals surface area contributed by atoms with Crippen LogP contribution in [-0.2, 0) is 23.8 Å². The molecular weight excluding hydrogens is 272 g/mol. The monoisotopic (exact) mass is 292 g/mol. The number of rotatable bonds is 6. The maximum absolute atomic E-state index is 11.3. The fourth-order valence-corrected chi connectivity index (χ4v) is 2.01. The van der Waals surface area contributed by atoms with Gasteiger partial charge in [-0.2, -0.15) is 0 Å². The topological polar surface area (TPSA) is 123 Å². The highest BCUT2D eigenvalue weighted by atomic mass is 16.6. The summed E-state index contributed by atoms with van der Waals surface area (Å²) in [6.07, 6.45) is -4.95. The summed E-state index contributed by atoms with van der Waals surface area (Å²) in [6.45, 7) is 1.41. The minimum atomic E-state index is -1.15. The number of aliphatic hydroxyl groups excluding tert-OH is 2. The second kappa shape index (κ2) is 7.53. The van der Waals surface area contributed by atoms with Gasteiger partial charge < -0.3 is 29.5 Å². The number of aliphatic hydroxyl groups is 2. The van der Waals surface area contributed by atoms with E-state index < -0.39 is 42.5 Å². The van der Waals surface area contributed by atoms with E-state index in [1.54, 1.807) is 6.92 Å². The third-order valence-corrected chi connectivity index (χ3v) is 3.15. The molecule has 2 unspecified atom stereocenters. The molecule has 1 rings (SSSR count). The van der Waals surface area contributed by atoms with Crippen molar-refractivity contribution >= 4 is 11.9 Å². The molecule has 0 bridgehead atoms. The summed E-state index contributed by atoms with van der Waals surface area (Å²) in [5.74, 6) is -1.75. The predicted octanol–water partition coefficient (Wildman–Crippen LogP) is -1.08. The van der Waals surface area contributed by atoms with Gasteiger partial charge in [0.05, 0.1) is 18.9 Å². The van der Waals surface area contributed by atoms with Crippen molar-refractivity contribution in [1.82, 2.24) is 0 Å². The first-order chi connectivity index (χ1) is 9.36. The highest BCUT2D eigenvalue weighted by Crippen LogP contribution is 2.23. The van der Waals surface area contributed by atoms with Crippen molar-refractivity contribution in [2.24, 2.45) is 0 Å². The molecular formula is C12H20O8. The number of esters is 1. The van der Waals surface area contributed by atoms with Crippen molar-refractivity contribution in [3.8, 4) is 0 Å². The van der Waals surface area contributed by atoms with Gasteiger partial charge in [-0.3, -0.25) is 9.59 Å². The lowest BCUT2D eigenvalue weighted by molar-refractivity contribution is -0.234. The minimum absolute atomic E-state index is 0.176. The summed E-state index contributed by atoms with van der Waals surface area (Å²) < 4.78 is 15.4. The van der Waals surface area contributed by atoms with Crippen LogP contribution in [0.1, 0.15) is 19.8 Å². The van der Waals surface area contributed by atoms with Crippen LogP contribution in [0, 0.1) is 0 Å². The molecule has 0 aromatic rings. The largest absolute Gasteiger partial charge is 0.481 e. The Labute approximate surface area is 116 Å². The molecule has 1 saturated heterocycles. The van der Waals surface area contributed by atoms with Gasteiger partial charge in [0.2, 0.25) is 0 Å². The number of aliphatic carboxylic acids is 1. The highest BCUT2D eigenvalue weighted by Gasteiger charge is 2.43. The van der Waals surface area contributed by atoms with E-state index in [2.05, 4.69) is 0 Å². The Kier molecular flexibility index (Phi) is 6.34. The molecule has 1 fully saturated rings. The Morgan fingerprint density at radius 2 is 1.85 bits per heavy atom. The third-order valence-electron chi connectivity index (χ3n) is 3.15. The van der Waals surface area contributed by atoms with Gasteiger partial charge in [0.15, 0.2) is 0 Å². The van der Waals surface area contributed by atoms with Gasteiger partial charge in [0, 0.05) is 7.11 Å². The SMILES string of the molecule is CO[C@H]1C(COC(=O)CCC(=O)O)O[C@H](C)C(O)[C@@H]1O. The molecule has 1 aliphatic heterocycles. The van der Waals surface area contributed by atoms with Crippen molar-refractivity contribution in [2.75, 3.05) is 13.7 Å². The number of hydrogen-bond donors (Lipinski definition) is 3. The van der Waals surface area contributed by atoms with Gasteiger partial charge in [-0.05, 0) is 6.92 Å². The molecule has 0 saturated carbocycles. The number of carbonyl (C=O) groups excluding carboxylic acids is 1. The van der Waals surface area contributed by atoms with Crippen LogP contribution >= 0.6 is 0 Å². The number of methoxy groups -OCH3 is 1. The fraction of sp³-hybridized carbons (Fsp3) is 0.833. The van der Waals surface area contributed by atoms with Gasteiger partial charge in [0.25, 0.3) is 0 Å². The molecule has 0 radical (unpaired) electrons. The predicted molar refractivity (Wildman–Crippen MR) is 65.0 cm³/mol. The smallest absolute Gasteiger partial charge is 0.306 e. The van der Waals surface area contributed by atoms with Crippen LogP contribution in [0.15, 0.2) is 0 Å². The van der Waals surface area contributed by atoms with Crippen LogP contribution in [0.5, 0.6) is 0 Å². The van der Waals surface area contributed by atoms with E-state index in [-0.39, 0.29) is 19.4 Å². The first kappa shape index (κ1) is 16.8. The van der Waals surface area contributed by atoms with Crippen LogP contribution in [0.25, 0.3) is 0 Å². The van der Waals surface area contributed by atoms with E-state index in [1.807, 2.05) is 0 Å². The molecule has 0 spiro atoms. The first-order valence-electron chi connectivity index (χ1n) is 6.28. The molecule has 1 aliphatic rings. The Morgan fingerprint density at radius 3 is 2.40 bits per heavy atom. The van der Waals surface area contributed by atoms with Crippen molar-refractivity contribution in [3.63, 3.8) is 0 Å². The maximum atomic E-state index is 11.3. The van der Waals surface area contributed by atoms with E-state index in [9.17, 15) is 19.8 Å². The molecule has 0 aromatic heterocycles. The number of carbonyl (C=O) groups is 2. The number of hydrogen-bond acceptors (Lipinski definition) is 7. The van der Waals surface area contributed by atoms with E-state index >= 15 is 0 Å². The molecule has 0 amide bonds. The fourth-order valence-electron chi connectivity index (χ4n) is 2.01. The maximum Gasteiger partial charge on any atom is 0.306 e. The molecule has 116 valence electrons. The molecule has 8 nitrogen and oxygen atoms in total. The molecule has 5 atom stereocenters. The summed E-state index contributed by atoms with van der Waals surface area (Å²) in [5.41, 5.74) is 0. The number of carboxylic acids is 1. The van der Waals surface area contributed by atoms with Crippen molar-refractivity contribution < 1.29 is 39.1 Å². The van der Waals surface area contributed by atoms with Crippen LogP contribution in [0.2, 0.25) is 0 Å². The summed E-state index contributed by atoms with van der Waals surface area (Å²) >= 11 is 0. The van der Waals surface area contributed by atoms with Gasteiger partial charge in [0.1, 0.15) is 31.0 Å². The lowest BCUT2D eigenvalue weighted by atomic mass is 9.96. The van der Waals surface area contributed by atoms with Gasteiger partial charge >= 0.3 is 11.9 Å². The summed E-state index contributed by atoms with van der Waals surface area (Å²) in [4.78, 5) is 21.6. The lowest BCUT2D eigenvalue weighted by Gasteiger charge is -2.40. The van der Waals surface area contributed by atoms with Crippen LogP contribution in [-0.4, -0.2) is 71.5 Å². The van der Waals surface area contributed by atoms with Gasteiger partial charge in [-0.1, -0.05) is 0 Å².